The van der Waals surface area contributed by atoms with Crippen LogP contribution in [0.15, 0.2) is 0 Å². The van der Waals surface area contributed by atoms with Crippen LogP contribution in [0.3, 0.4) is 0 Å². The minimum Gasteiger partial charge on any atom is -0.320 e. The van der Waals surface area contributed by atoms with E-state index >= 15 is 0 Å². The lowest BCUT2D eigenvalue weighted by atomic mass is 10.8. The molecular weight excluding hydrogens is 113 g/mol. The SMILES string of the molecule is CC(N)SC(C)F. The molecule has 2 unspecified atom stereocenters. The fraction of sp³-hybridized carbons (Fsp3) is 1.00. The monoisotopic (exact) mass is 123 g/mol. The van der Waals surface area contributed by atoms with E-state index in [0.717, 1.165) is 11.8 Å². The molecule has 0 aromatic carbocycles. The van der Waals surface area contributed by atoms with Crippen molar-refractivity contribution >= 4 is 11.8 Å². The van der Waals surface area contributed by atoms with E-state index in [1.165, 1.54) is 6.92 Å². The minimum absolute atomic E-state index is 0.0833. The van der Waals surface area contributed by atoms with Crippen molar-refractivity contribution in [1.29, 1.82) is 0 Å². The molecule has 0 heterocycles. The van der Waals surface area contributed by atoms with Gasteiger partial charge in [0, 0.05) is 0 Å². The summed E-state index contributed by atoms with van der Waals surface area (Å²) in [6.07, 6.45) is 0. The Balaban J connectivity index is 2.95. The molecule has 0 aromatic rings. The molecule has 0 aromatic heterocycles. The molecule has 0 amide bonds. The summed E-state index contributed by atoms with van der Waals surface area (Å²) in [6, 6.07) is 0. The van der Waals surface area contributed by atoms with E-state index in [0.29, 0.717) is 0 Å². The number of hydrogen-bond acceptors (Lipinski definition) is 2. The van der Waals surface area contributed by atoms with Crippen molar-refractivity contribution in [3.8, 4) is 0 Å². The van der Waals surface area contributed by atoms with E-state index in [-0.39, 0.29) is 5.37 Å². The lowest BCUT2D eigenvalue weighted by Crippen LogP contribution is -2.11. The molecule has 0 saturated heterocycles. The third-order valence-corrected chi connectivity index (χ3v) is 1.21. The van der Waals surface area contributed by atoms with Crippen LogP contribution in [-0.4, -0.2) is 10.9 Å². The van der Waals surface area contributed by atoms with Crippen LogP contribution < -0.4 is 5.73 Å². The molecule has 2 atom stereocenters. The zero-order valence-corrected chi connectivity index (χ0v) is 5.33. The topological polar surface area (TPSA) is 26.0 Å². The highest BCUT2D eigenvalue weighted by molar-refractivity contribution is 8.00. The Hall–Kier alpha value is 0.240. The van der Waals surface area contributed by atoms with Gasteiger partial charge in [-0.2, -0.15) is 0 Å². The van der Waals surface area contributed by atoms with Crippen molar-refractivity contribution < 1.29 is 4.39 Å². The Morgan fingerprint density at radius 2 is 2.00 bits per heavy atom. The van der Waals surface area contributed by atoms with E-state index < -0.39 is 5.50 Å². The smallest absolute Gasteiger partial charge is 0.144 e. The summed E-state index contributed by atoms with van der Waals surface area (Å²) in [5, 5.41) is -0.0833. The molecule has 1 nitrogen and oxygen atoms in total. The Morgan fingerprint density at radius 1 is 1.57 bits per heavy atom. The highest BCUT2D eigenvalue weighted by atomic mass is 32.2. The van der Waals surface area contributed by atoms with Gasteiger partial charge in [-0.3, -0.25) is 0 Å². The maximum Gasteiger partial charge on any atom is 0.144 e. The number of alkyl halides is 1. The average molecular weight is 123 g/mol. The number of hydrogen-bond donors (Lipinski definition) is 1. The second-order valence-electron chi connectivity index (χ2n) is 1.38. The summed E-state index contributed by atoms with van der Waals surface area (Å²) < 4.78 is 11.8. The lowest BCUT2D eigenvalue weighted by Gasteiger charge is -2.02. The Labute approximate surface area is 47.5 Å². The van der Waals surface area contributed by atoms with Gasteiger partial charge in [0.15, 0.2) is 0 Å². The summed E-state index contributed by atoms with van der Waals surface area (Å²) in [5.41, 5.74) is 4.38. The quantitative estimate of drug-likeness (QED) is 0.561. The van der Waals surface area contributed by atoms with E-state index in [9.17, 15) is 4.39 Å². The van der Waals surface area contributed by atoms with Crippen LogP contribution in [0.5, 0.6) is 0 Å². The fourth-order valence-electron chi connectivity index (χ4n) is 0.296. The largest absolute Gasteiger partial charge is 0.320 e. The molecule has 0 spiro atoms. The molecule has 0 aliphatic rings. The Morgan fingerprint density at radius 3 is 2.00 bits per heavy atom. The first-order valence-electron chi connectivity index (χ1n) is 2.18. The number of nitrogens with two attached hydrogens (primary N) is 1. The van der Waals surface area contributed by atoms with Gasteiger partial charge in [-0.25, -0.2) is 4.39 Å². The molecule has 0 bridgehead atoms. The van der Waals surface area contributed by atoms with Crippen molar-refractivity contribution in [2.24, 2.45) is 5.73 Å². The standard InChI is InChI=1S/C4H10FNS/c1-3(5)7-4(2)6/h3-4H,6H2,1-2H3. The first-order valence-corrected chi connectivity index (χ1v) is 3.12. The number of thioether (sulfide) groups is 1. The zero-order chi connectivity index (χ0) is 5.86. The predicted octanol–water partition coefficient (Wildman–Crippen LogP) is 1.34. The molecule has 3 heteroatoms. The summed E-state index contributed by atoms with van der Waals surface area (Å²) in [5.74, 6) is 0. The molecule has 7 heavy (non-hydrogen) atoms. The van der Waals surface area contributed by atoms with Crippen LogP contribution in [0.4, 0.5) is 4.39 Å². The Bertz CT molecular complexity index is 41.0. The molecule has 0 radical (unpaired) electrons. The van der Waals surface area contributed by atoms with Gasteiger partial charge >= 0.3 is 0 Å². The van der Waals surface area contributed by atoms with Crippen LogP contribution in [0.1, 0.15) is 13.8 Å². The van der Waals surface area contributed by atoms with Gasteiger partial charge in [-0.15, -0.1) is 11.8 Å². The zero-order valence-electron chi connectivity index (χ0n) is 4.52. The van der Waals surface area contributed by atoms with Crippen molar-refractivity contribution in [2.45, 2.75) is 24.7 Å². The average Bonchev–Trinajstić information content (AvgIpc) is 1.27. The van der Waals surface area contributed by atoms with Crippen LogP contribution in [-0.2, 0) is 0 Å². The second-order valence-corrected chi connectivity index (χ2v) is 3.05. The van der Waals surface area contributed by atoms with E-state index in [1.807, 2.05) is 0 Å². The molecule has 44 valence electrons. The maximum atomic E-state index is 11.8. The minimum atomic E-state index is -0.833. The van der Waals surface area contributed by atoms with Gasteiger partial charge < -0.3 is 5.73 Å². The molecule has 0 rings (SSSR count). The normalized spacial score (nSPS) is 18.9. The van der Waals surface area contributed by atoms with E-state index in [4.69, 9.17) is 5.73 Å². The van der Waals surface area contributed by atoms with E-state index in [1.54, 1.807) is 6.92 Å². The number of rotatable bonds is 2. The van der Waals surface area contributed by atoms with Crippen LogP contribution >= 0.6 is 11.8 Å². The second kappa shape index (κ2) is 3.27. The first kappa shape index (κ1) is 7.24. The van der Waals surface area contributed by atoms with Gasteiger partial charge in [0.2, 0.25) is 0 Å². The molecule has 0 aliphatic heterocycles. The van der Waals surface area contributed by atoms with Crippen molar-refractivity contribution in [3.05, 3.63) is 0 Å². The van der Waals surface area contributed by atoms with Crippen LogP contribution in [0, 0.1) is 0 Å². The van der Waals surface area contributed by atoms with Crippen LogP contribution in [0.2, 0.25) is 0 Å². The summed E-state index contributed by atoms with van der Waals surface area (Å²) >= 11 is 1.12. The number of halogens is 1. The maximum absolute atomic E-state index is 11.8. The van der Waals surface area contributed by atoms with Gasteiger partial charge in [0.1, 0.15) is 5.50 Å². The fourth-order valence-corrected chi connectivity index (χ4v) is 0.887. The molecule has 0 saturated carbocycles. The highest BCUT2D eigenvalue weighted by Gasteiger charge is 1.99. The van der Waals surface area contributed by atoms with Crippen LogP contribution in [0.25, 0.3) is 0 Å². The predicted molar refractivity (Wildman–Crippen MR) is 31.8 cm³/mol. The van der Waals surface area contributed by atoms with Gasteiger partial charge in [-0.1, -0.05) is 0 Å². The van der Waals surface area contributed by atoms with Gasteiger partial charge in [-0.05, 0) is 13.8 Å². The highest BCUT2D eigenvalue weighted by Crippen LogP contribution is 2.13. The summed E-state index contributed by atoms with van der Waals surface area (Å²) in [4.78, 5) is 0. The van der Waals surface area contributed by atoms with Crippen molar-refractivity contribution in [1.82, 2.24) is 0 Å². The molecule has 0 aliphatic carbocycles. The molecule has 0 fully saturated rings. The first-order chi connectivity index (χ1) is 3.13. The lowest BCUT2D eigenvalue weighted by molar-refractivity contribution is 0.482. The van der Waals surface area contributed by atoms with Gasteiger partial charge in [0.25, 0.3) is 0 Å². The van der Waals surface area contributed by atoms with Crippen molar-refractivity contribution in [3.63, 3.8) is 0 Å². The third-order valence-electron chi connectivity index (χ3n) is 0.402. The molecule has 2 N–H and O–H groups in total. The summed E-state index contributed by atoms with van der Waals surface area (Å²) in [7, 11) is 0. The Kier molecular flexibility index (Phi) is 3.38. The summed E-state index contributed by atoms with van der Waals surface area (Å²) in [6.45, 7) is 3.24. The van der Waals surface area contributed by atoms with E-state index in [2.05, 4.69) is 0 Å². The third kappa shape index (κ3) is 6.24. The molecular formula is C4H10FNS. The van der Waals surface area contributed by atoms with Gasteiger partial charge in [0.05, 0.1) is 5.37 Å². The van der Waals surface area contributed by atoms with Crippen molar-refractivity contribution in [2.75, 3.05) is 0 Å².